The first-order valence-corrected chi connectivity index (χ1v) is 8.79. The molecule has 130 valence electrons. The summed E-state index contributed by atoms with van der Waals surface area (Å²) in [7, 11) is 0. The second-order valence-electron chi connectivity index (χ2n) is 6.63. The average molecular weight is 352 g/mol. The molecule has 1 saturated heterocycles. The second kappa shape index (κ2) is 6.63. The zero-order valence-corrected chi connectivity index (χ0v) is 14.8. The summed E-state index contributed by atoms with van der Waals surface area (Å²) in [4.78, 5) is 26.2. The van der Waals surface area contributed by atoms with Crippen LogP contribution in [0.1, 0.15) is 40.7 Å². The van der Waals surface area contributed by atoms with E-state index in [4.69, 9.17) is 21.1 Å². The van der Waals surface area contributed by atoms with E-state index in [1.54, 1.807) is 4.90 Å². The van der Waals surface area contributed by atoms with Crippen molar-refractivity contribution >= 4 is 23.5 Å². The van der Waals surface area contributed by atoms with Crippen LogP contribution in [0.4, 0.5) is 4.79 Å². The summed E-state index contributed by atoms with van der Waals surface area (Å²) in [6.45, 7) is 5.20. The Morgan fingerprint density at radius 3 is 2.71 bits per heavy atom. The third-order valence-corrected chi connectivity index (χ3v) is 4.92. The van der Waals surface area contributed by atoms with Gasteiger partial charge in [-0.2, -0.15) is 0 Å². The van der Waals surface area contributed by atoms with Crippen molar-refractivity contribution in [3.05, 3.63) is 28.8 Å². The van der Waals surface area contributed by atoms with E-state index in [-0.39, 0.29) is 24.4 Å². The van der Waals surface area contributed by atoms with Crippen molar-refractivity contribution in [1.82, 2.24) is 4.90 Å². The van der Waals surface area contributed by atoms with E-state index in [2.05, 4.69) is 0 Å². The van der Waals surface area contributed by atoms with Crippen LogP contribution in [0.5, 0.6) is 5.75 Å². The quantitative estimate of drug-likeness (QED) is 0.765. The predicted octanol–water partition coefficient (Wildman–Crippen LogP) is 3.48. The van der Waals surface area contributed by atoms with Gasteiger partial charge in [0.05, 0.1) is 17.9 Å². The van der Waals surface area contributed by atoms with Gasteiger partial charge in [0.2, 0.25) is 0 Å². The first-order chi connectivity index (χ1) is 11.4. The fourth-order valence-corrected chi connectivity index (χ4v) is 3.69. The summed E-state index contributed by atoms with van der Waals surface area (Å²) in [5.74, 6) is 1.10. The Bertz CT molecular complexity index is 665. The minimum absolute atomic E-state index is 0.131. The maximum Gasteiger partial charge on any atom is 0.409 e. The Hall–Kier alpha value is -1.75. The van der Waals surface area contributed by atoms with Crippen molar-refractivity contribution in [2.24, 2.45) is 0 Å². The highest BCUT2D eigenvalue weighted by molar-refractivity contribution is 6.18. The van der Waals surface area contributed by atoms with Crippen molar-refractivity contribution in [3.63, 3.8) is 0 Å². The molecule has 1 spiro atoms. The largest absolute Gasteiger partial charge is 0.486 e. The molecule has 2 aliphatic rings. The highest BCUT2D eigenvalue weighted by Crippen LogP contribution is 2.41. The van der Waals surface area contributed by atoms with Gasteiger partial charge in [-0.3, -0.25) is 4.79 Å². The molecule has 1 aromatic rings. The zero-order valence-electron chi connectivity index (χ0n) is 14.1. The van der Waals surface area contributed by atoms with E-state index >= 15 is 0 Å². The van der Waals surface area contributed by atoms with Gasteiger partial charge in [0.25, 0.3) is 0 Å². The number of benzene rings is 1. The van der Waals surface area contributed by atoms with E-state index in [1.165, 1.54) is 0 Å². The Kier molecular flexibility index (Phi) is 4.72. The number of hydrogen-bond acceptors (Lipinski definition) is 4. The van der Waals surface area contributed by atoms with Crippen molar-refractivity contribution < 1.29 is 19.1 Å². The fraction of sp³-hybridized carbons (Fsp3) is 0.556. The van der Waals surface area contributed by atoms with Gasteiger partial charge in [-0.05, 0) is 31.0 Å². The maximum atomic E-state index is 12.6. The number of Topliss-reactive ketones (excluding diaryl/α,β-unsaturated/α-hetero) is 1. The summed E-state index contributed by atoms with van der Waals surface area (Å²) in [6.07, 6.45) is 1.27. The molecule has 0 atom stereocenters. The third-order valence-electron chi connectivity index (χ3n) is 4.77. The minimum Gasteiger partial charge on any atom is -0.486 e. The summed E-state index contributed by atoms with van der Waals surface area (Å²) < 4.78 is 11.3. The van der Waals surface area contributed by atoms with Crippen molar-refractivity contribution in [2.45, 2.75) is 38.7 Å². The van der Waals surface area contributed by atoms with Crippen LogP contribution in [0.15, 0.2) is 12.1 Å². The maximum absolute atomic E-state index is 12.6. The number of likely N-dealkylation sites (tertiary alicyclic amines) is 1. The van der Waals surface area contributed by atoms with Crippen LogP contribution in [0.2, 0.25) is 0 Å². The van der Waals surface area contributed by atoms with Crippen LogP contribution in [0.25, 0.3) is 0 Å². The van der Waals surface area contributed by atoms with Crippen LogP contribution < -0.4 is 4.74 Å². The lowest BCUT2D eigenvalue weighted by Crippen LogP contribution is -2.52. The SMILES string of the molecule is Cc1cc(C)c2c(c1)OC1(CCN(C(=O)OCCCl)CC1)CC2=O. The number of carbonyl (C=O) groups is 2. The first kappa shape index (κ1) is 17.1. The van der Waals surface area contributed by atoms with Gasteiger partial charge in [-0.25, -0.2) is 4.79 Å². The topological polar surface area (TPSA) is 55.8 Å². The van der Waals surface area contributed by atoms with Gasteiger partial charge in [-0.15, -0.1) is 11.6 Å². The molecule has 2 aliphatic heterocycles. The van der Waals surface area contributed by atoms with Gasteiger partial charge in [0.15, 0.2) is 5.78 Å². The molecule has 2 heterocycles. The number of ketones is 1. The second-order valence-corrected chi connectivity index (χ2v) is 7.01. The molecule has 0 bridgehead atoms. The number of amides is 1. The lowest BCUT2D eigenvalue weighted by molar-refractivity contribution is -0.00863. The molecule has 0 radical (unpaired) electrons. The number of ether oxygens (including phenoxy) is 2. The monoisotopic (exact) mass is 351 g/mol. The van der Waals surface area contributed by atoms with E-state index in [0.29, 0.717) is 43.7 Å². The first-order valence-electron chi connectivity index (χ1n) is 8.25. The van der Waals surface area contributed by atoms with E-state index in [9.17, 15) is 9.59 Å². The molecule has 6 heteroatoms. The molecule has 3 rings (SSSR count). The molecular weight excluding hydrogens is 330 g/mol. The molecule has 0 saturated carbocycles. The number of halogens is 1. The number of nitrogens with zero attached hydrogens (tertiary/aromatic N) is 1. The Labute approximate surface area is 146 Å². The Balaban J connectivity index is 1.73. The number of hydrogen-bond donors (Lipinski definition) is 0. The van der Waals surface area contributed by atoms with Crippen LogP contribution in [-0.2, 0) is 4.74 Å². The van der Waals surface area contributed by atoms with E-state index in [0.717, 1.165) is 11.1 Å². The van der Waals surface area contributed by atoms with Gasteiger partial charge < -0.3 is 14.4 Å². The van der Waals surface area contributed by atoms with Crippen LogP contribution >= 0.6 is 11.6 Å². The number of carbonyl (C=O) groups excluding carboxylic acids is 2. The van der Waals surface area contributed by atoms with Crippen LogP contribution in [0, 0.1) is 13.8 Å². The van der Waals surface area contributed by atoms with Crippen molar-refractivity contribution in [2.75, 3.05) is 25.6 Å². The molecule has 0 aromatic heterocycles. The summed E-state index contributed by atoms with van der Waals surface area (Å²) in [5.41, 5.74) is 2.24. The third kappa shape index (κ3) is 3.22. The highest BCUT2D eigenvalue weighted by atomic mass is 35.5. The van der Waals surface area contributed by atoms with Gasteiger partial charge in [-0.1, -0.05) is 6.07 Å². The van der Waals surface area contributed by atoms with Crippen LogP contribution in [0.3, 0.4) is 0 Å². The number of aryl methyl sites for hydroxylation is 2. The lowest BCUT2D eigenvalue weighted by atomic mass is 9.81. The molecule has 0 unspecified atom stereocenters. The molecule has 0 aliphatic carbocycles. The zero-order chi connectivity index (χ0) is 17.3. The van der Waals surface area contributed by atoms with E-state index < -0.39 is 5.60 Å². The Morgan fingerprint density at radius 1 is 1.33 bits per heavy atom. The smallest absolute Gasteiger partial charge is 0.409 e. The van der Waals surface area contributed by atoms with Crippen molar-refractivity contribution in [1.29, 1.82) is 0 Å². The van der Waals surface area contributed by atoms with Gasteiger partial charge >= 0.3 is 6.09 Å². The molecule has 24 heavy (non-hydrogen) atoms. The summed E-state index contributed by atoms with van der Waals surface area (Å²) in [6, 6.07) is 3.94. The normalized spacial score (nSPS) is 19.0. The molecule has 5 nitrogen and oxygen atoms in total. The Morgan fingerprint density at radius 2 is 2.04 bits per heavy atom. The molecular formula is C18H22ClNO4. The molecule has 1 fully saturated rings. The van der Waals surface area contributed by atoms with Crippen LogP contribution in [-0.4, -0.2) is 48.0 Å². The number of alkyl halides is 1. The molecule has 1 aromatic carbocycles. The predicted molar refractivity (Wildman–Crippen MR) is 91.1 cm³/mol. The molecule has 0 N–H and O–H groups in total. The highest BCUT2D eigenvalue weighted by Gasteiger charge is 2.44. The number of fused-ring (bicyclic) bond motifs is 1. The average Bonchev–Trinajstić information content (AvgIpc) is 2.52. The number of rotatable bonds is 2. The standard InChI is InChI=1S/C18H22ClNO4/c1-12-9-13(2)16-14(21)11-18(24-15(16)10-12)3-6-20(7-4-18)17(22)23-8-5-19/h9-10H,3-8,11H2,1-2H3. The number of piperidine rings is 1. The molecule has 1 amide bonds. The van der Waals surface area contributed by atoms with E-state index in [1.807, 2.05) is 26.0 Å². The summed E-state index contributed by atoms with van der Waals surface area (Å²) >= 11 is 5.54. The fourth-order valence-electron chi connectivity index (χ4n) is 3.61. The lowest BCUT2D eigenvalue weighted by Gasteiger charge is -2.43. The minimum atomic E-state index is -0.506. The van der Waals surface area contributed by atoms with Gasteiger partial charge in [0.1, 0.15) is 18.0 Å². The van der Waals surface area contributed by atoms with Crippen molar-refractivity contribution in [3.8, 4) is 5.75 Å². The summed E-state index contributed by atoms with van der Waals surface area (Å²) in [5, 5.41) is 0. The van der Waals surface area contributed by atoms with Gasteiger partial charge in [0, 0.05) is 25.9 Å².